The van der Waals surface area contributed by atoms with Crippen LogP contribution in [0.3, 0.4) is 0 Å². The normalized spacial score (nSPS) is 37.5. The molecule has 8 N–H and O–H groups in total. The predicted octanol–water partition coefficient (Wildman–Crippen LogP) is 0.0998. The van der Waals surface area contributed by atoms with Crippen molar-refractivity contribution in [3.8, 4) is 0 Å². The third-order valence-corrected chi connectivity index (χ3v) is 11.0. The van der Waals surface area contributed by atoms with Crippen LogP contribution in [0.5, 0.6) is 0 Å². The lowest BCUT2D eigenvalue weighted by Crippen LogP contribution is -2.68. The number of fused-ring (bicyclic) bond motifs is 5. The Labute approximate surface area is 268 Å². The average Bonchev–Trinajstić information content (AvgIpc) is 3.19. The predicted molar refractivity (Wildman–Crippen MR) is 149 cm³/mol. The summed E-state index contributed by atoms with van der Waals surface area (Å²) in [4.78, 5) is 59.1. The molecule has 0 aromatic heterocycles. The van der Waals surface area contributed by atoms with Crippen molar-refractivity contribution in [2.75, 3.05) is 19.8 Å². The number of halogens is 1. The summed E-state index contributed by atoms with van der Waals surface area (Å²) in [5.74, 6) is -4.39. The molecule has 4 aliphatic carbocycles. The quantitative estimate of drug-likeness (QED) is 0.101. The van der Waals surface area contributed by atoms with Crippen molar-refractivity contribution in [2.45, 2.75) is 82.9 Å². The van der Waals surface area contributed by atoms with Crippen LogP contribution >= 0.6 is 0 Å². The van der Waals surface area contributed by atoms with E-state index in [9.17, 15) is 29.4 Å². The highest BCUT2D eigenvalue weighted by Crippen LogP contribution is 2.71. The molecule has 18 heteroatoms. The zero-order valence-electron chi connectivity index (χ0n) is 26.2. The Morgan fingerprint density at radius 1 is 1.04 bits per heavy atom. The highest BCUT2D eigenvalue weighted by Gasteiger charge is 2.75. The fourth-order valence-electron chi connectivity index (χ4n) is 8.25. The van der Waals surface area contributed by atoms with Gasteiger partial charge >= 0.3 is 11.9 Å². The molecule has 0 bridgehead atoms. The molecule has 47 heavy (non-hydrogen) atoms. The van der Waals surface area contributed by atoms with Gasteiger partial charge in [-0.1, -0.05) is 18.6 Å². The van der Waals surface area contributed by atoms with E-state index in [1.54, 1.807) is 13.8 Å². The number of hydrogen-bond donors (Lipinski definition) is 7. The average molecular weight is 676 g/mol. The van der Waals surface area contributed by atoms with E-state index in [2.05, 4.69) is 9.68 Å². The van der Waals surface area contributed by atoms with Gasteiger partial charge in [-0.15, -0.1) is 0 Å². The van der Waals surface area contributed by atoms with Crippen molar-refractivity contribution in [1.82, 2.24) is 10.8 Å². The Bertz CT molecular complexity index is 1310. The third kappa shape index (κ3) is 6.52. The van der Waals surface area contributed by atoms with Crippen molar-refractivity contribution in [3.63, 3.8) is 0 Å². The van der Waals surface area contributed by atoms with Gasteiger partial charge in [0.2, 0.25) is 0 Å². The molecule has 0 aromatic carbocycles. The summed E-state index contributed by atoms with van der Waals surface area (Å²) in [5, 5.41) is 56.1. The molecule has 4 rings (SSSR count). The SMILES string of the molecule is C[C@]12C=CC(=O)C=C1CC[C@H]1[C@@H]3C[C@@H](O)[C@@](C)(C(=O)COC(=O)C(N)COC(=O)CC(CON(O)O)ON(O)O)[C@@]3(C)C[C@H](O)[C@@]12F. The van der Waals surface area contributed by atoms with Crippen LogP contribution in [0.15, 0.2) is 23.8 Å². The maximum absolute atomic E-state index is 17.3. The minimum atomic E-state index is -2.16. The Morgan fingerprint density at radius 2 is 1.72 bits per heavy atom. The largest absolute Gasteiger partial charge is 0.463 e. The van der Waals surface area contributed by atoms with Crippen molar-refractivity contribution >= 4 is 23.5 Å². The van der Waals surface area contributed by atoms with Crippen LogP contribution in [0, 0.1) is 28.1 Å². The minimum Gasteiger partial charge on any atom is -0.463 e. The van der Waals surface area contributed by atoms with E-state index in [4.69, 9.17) is 36.0 Å². The Morgan fingerprint density at radius 3 is 2.36 bits per heavy atom. The van der Waals surface area contributed by atoms with Gasteiger partial charge in [0.25, 0.3) is 0 Å². The summed E-state index contributed by atoms with van der Waals surface area (Å²) in [6.07, 6.45) is -0.160. The van der Waals surface area contributed by atoms with Gasteiger partial charge in [-0.25, -0.2) is 14.1 Å². The van der Waals surface area contributed by atoms with Crippen LogP contribution in [0.25, 0.3) is 0 Å². The van der Waals surface area contributed by atoms with Crippen molar-refractivity contribution in [3.05, 3.63) is 23.8 Å². The number of aliphatic hydroxyl groups excluding tert-OH is 2. The number of esters is 2. The lowest BCUT2D eigenvalue weighted by Gasteiger charge is -2.62. The molecule has 0 radical (unpaired) electrons. The molecule has 0 saturated heterocycles. The maximum atomic E-state index is 17.3. The van der Waals surface area contributed by atoms with Gasteiger partial charge in [0, 0.05) is 11.3 Å². The molecular weight excluding hydrogens is 633 g/mol. The first kappa shape index (κ1) is 37.1. The van der Waals surface area contributed by atoms with Crippen LogP contribution in [-0.4, -0.2) is 115 Å². The molecule has 10 atom stereocenters. The molecule has 0 aromatic rings. The first-order chi connectivity index (χ1) is 21.8. The van der Waals surface area contributed by atoms with Crippen molar-refractivity contribution in [1.29, 1.82) is 0 Å². The fourth-order valence-corrected chi connectivity index (χ4v) is 8.25. The van der Waals surface area contributed by atoms with E-state index in [-0.39, 0.29) is 18.6 Å². The van der Waals surface area contributed by atoms with Crippen molar-refractivity contribution in [2.24, 2.45) is 33.8 Å². The molecule has 17 nitrogen and oxygen atoms in total. The standard InChI is InChI=1S/C29H42FN3O14/c1-26-7-6-16(34)8-15(26)4-5-18-19-10-21(35)28(3,27(19,2)11-22(36)29(18,26)30)23(37)14-45-25(39)20(31)13-44-24(38)9-17(47-33(42)43)12-46-32(40)41/h6-8,17-22,35-36,40-43H,4-5,9-14,31H2,1-3H3/t17?,18-,19-,20?,21+,22-,26-,27-,28-,29-/m0/s1. The molecule has 0 heterocycles. The van der Waals surface area contributed by atoms with Crippen LogP contribution in [0.2, 0.25) is 0 Å². The van der Waals surface area contributed by atoms with Gasteiger partial charge in [-0.2, -0.15) is 0 Å². The zero-order chi connectivity index (χ0) is 35.1. The third-order valence-electron chi connectivity index (χ3n) is 11.0. The molecule has 0 aliphatic heterocycles. The topological polar surface area (TPSA) is 259 Å². The molecule has 0 spiro atoms. The summed E-state index contributed by atoms with van der Waals surface area (Å²) in [6.45, 7) is 2.60. The van der Waals surface area contributed by atoms with E-state index < -0.39 is 113 Å². The number of ether oxygens (including phenoxy) is 2. The molecular formula is C29H42FN3O14. The minimum absolute atomic E-state index is 0.0672. The van der Waals surface area contributed by atoms with Gasteiger partial charge < -0.3 is 25.4 Å². The molecule has 3 saturated carbocycles. The van der Waals surface area contributed by atoms with Crippen LogP contribution < -0.4 is 5.73 Å². The second-order valence-corrected chi connectivity index (χ2v) is 13.3. The first-order valence-electron chi connectivity index (χ1n) is 15.1. The number of carbonyl (C=O) groups is 4. The monoisotopic (exact) mass is 675 g/mol. The smallest absolute Gasteiger partial charge is 0.326 e. The van der Waals surface area contributed by atoms with E-state index in [1.807, 2.05) is 0 Å². The van der Waals surface area contributed by atoms with Gasteiger partial charge in [0.05, 0.1) is 34.8 Å². The molecule has 264 valence electrons. The zero-order valence-corrected chi connectivity index (χ0v) is 26.2. The highest BCUT2D eigenvalue weighted by molar-refractivity contribution is 6.01. The summed E-state index contributed by atoms with van der Waals surface area (Å²) in [7, 11) is 0. The number of aliphatic hydroxyl groups is 2. The molecule has 4 aliphatic rings. The maximum Gasteiger partial charge on any atom is 0.326 e. The summed E-state index contributed by atoms with van der Waals surface area (Å²) < 4.78 is 27.3. The Balaban J connectivity index is 1.39. The van der Waals surface area contributed by atoms with E-state index >= 15 is 4.39 Å². The van der Waals surface area contributed by atoms with Gasteiger partial charge in [0.15, 0.2) is 23.8 Å². The van der Waals surface area contributed by atoms with Crippen LogP contribution in [0.4, 0.5) is 4.39 Å². The second-order valence-electron chi connectivity index (χ2n) is 13.3. The first-order valence-corrected chi connectivity index (χ1v) is 15.1. The number of allylic oxidation sites excluding steroid dienone is 4. The van der Waals surface area contributed by atoms with Crippen LogP contribution in [-0.2, 0) is 38.3 Å². The van der Waals surface area contributed by atoms with Gasteiger partial charge in [-0.3, -0.25) is 40.0 Å². The van der Waals surface area contributed by atoms with Crippen LogP contribution in [0.1, 0.15) is 52.9 Å². The van der Waals surface area contributed by atoms with E-state index in [0.29, 0.717) is 18.4 Å². The Hall–Kier alpha value is -2.75. The number of alkyl halides is 1. The number of hydrogen-bond acceptors (Lipinski definition) is 17. The molecule has 0 amide bonds. The summed E-state index contributed by atoms with van der Waals surface area (Å²) >= 11 is 0. The van der Waals surface area contributed by atoms with Gasteiger partial charge in [0.1, 0.15) is 25.4 Å². The lowest BCUT2D eigenvalue weighted by molar-refractivity contribution is -0.526. The number of rotatable bonds is 13. The summed E-state index contributed by atoms with van der Waals surface area (Å²) in [6, 6.07) is -1.56. The van der Waals surface area contributed by atoms with Gasteiger partial charge in [-0.05, 0) is 63.0 Å². The Kier molecular flexibility index (Phi) is 10.8. The van der Waals surface area contributed by atoms with E-state index in [1.165, 1.54) is 25.2 Å². The number of Topliss-reactive ketones (excluding diaryl/α,β-unsaturated/α-hetero) is 1. The summed E-state index contributed by atoms with van der Waals surface area (Å²) in [5.41, 5.74) is 0.312. The van der Waals surface area contributed by atoms with Crippen molar-refractivity contribution < 1.29 is 73.8 Å². The lowest BCUT2D eigenvalue weighted by atomic mass is 9.43. The fraction of sp³-hybridized carbons (Fsp3) is 0.724. The number of ketones is 2. The highest BCUT2D eigenvalue weighted by atomic mass is 19.1. The molecule has 3 fully saturated rings. The van der Waals surface area contributed by atoms with E-state index in [0.717, 1.165) is 0 Å². The number of carbonyl (C=O) groups excluding carboxylic acids is 4. The molecule has 2 unspecified atom stereocenters. The number of nitrogens with zero attached hydrogens (tertiary/aromatic N) is 2. The number of nitrogens with two attached hydrogens (primary N) is 1. The second kappa shape index (κ2) is 13.6.